The van der Waals surface area contributed by atoms with Gasteiger partial charge in [0.15, 0.2) is 0 Å². The molecule has 3 aliphatic rings. The van der Waals surface area contributed by atoms with E-state index >= 15 is 0 Å². The summed E-state index contributed by atoms with van der Waals surface area (Å²) in [5.41, 5.74) is 10.6. The fraction of sp³-hybridized carbons (Fsp3) is 0.310. The van der Waals surface area contributed by atoms with Gasteiger partial charge in [0.25, 0.3) is 0 Å². The van der Waals surface area contributed by atoms with Gasteiger partial charge in [-0.05, 0) is 0 Å². The Morgan fingerprint density at radius 3 is 1.89 bits per heavy atom. The third kappa shape index (κ3) is 5.21. The van der Waals surface area contributed by atoms with Crippen molar-refractivity contribution in [3.05, 3.63) is 153 Å². The SMILES string of the molecule is CC(C)(C)c1ccc2c(c1)=[C]([Zr]=[C](c1ccccc1)c1ccccc1)C1=C(C3=CC=CC3)C(C(C)(C)C)([Si](C)(C)C)C=CC=21. The van der Waals surface area contributed by atoms with E-state index in [-0.39, 0.29) is 15.9 Å². The van der Waals surface area contributed by atoms with Crippen LogP contribution in [0, 0.1) is 5.41 Å². The molecule has 3 aromatic carbocycles. The summed E-state index contributed by atoms with van der Waals surface area (Å²) in [6.07, 6.45) is 13.3. The zero-order chi connectivity index (χ0) is 31.5. The monoisotopic (exact) mass is 669 g/mol. The van der Waals surface area contributed by atoms with Crippen molar-refractivity contribution >= 4 is 20.1 Å². The summed E-state index contributed by atoms with van der Waals surface area (Å²) < 4.78 is 3.22. The van der Waals surface area contributed by atoms with Crippen LogP contribution in [0.4, 0.5) is 0 Å². The maximum absolute atomic E-state index is 2.67. The Hall–Kier alpha value is -2.67. The predicted molar refractivity (Wildman–Crippen MR) is 191 cm³/mol. The summed E-state index contributed by atoms with van der Waals surface area (Å²) in [6, 6.07) is 29.9. The predicted octanol–water partition coefficient (Wildman–Crippen LogP) is 9.49. The van der Waals surface area contributed by atoms with Gasteiger partial charge in [-0.15, -0.1) is 0 Å². The zero-order valence-electron chi connectivity index (χ0n) is 28.1. The molecule has 0 saturated carbocycles. The van der Waals surface area contributed by atoms with E-state index in [0.717, 1.165) is 6.42 Å². The normalized spacial score (nSPS) is 19.6. The molecule has 0 heterocycles. The van der Waals surface area contributed by atoms with Crippen molar-refractivity contribution in [2.24, 2.45) is 5.41 Å². The Morgan fingerprint density at radius 1 is 0.773 bits per heavy atom. The van der Waals surface area contributed by atoms with E-state index in [1.54, 1.807) is 17.6 Å². The number of rotatable bonds is 5. The van der Waals surface area contributed by atoms with E-state index < -0.39 is 30.8 Å². The van der Waals surface area contributed by atoms with Gasteiger partial charge in [-0.1, -0.05) is 0 Å². The molecule has 1 unspecified atom stereocenters. The molecule has 0 aliphatic heterocycles. The first-order chi connectivity index (χ1) is 20.7. The van der Waals surface area contributed by atoms with Gasteiger partial charge in [-0.25, -0.2) is 0 Å². The topological polar surface area (TPSA) is 0 Å². The first-order valence-corrected chi connectivity index (χ1v) is 22.1. The number of benzene rings is 3. The van der Waals surface area contributed by atoms with Crippen molar-refractivity contribution in [3.63, 3.8) is 0 Å². The molecule has 0 radical (unpaired) electrons. The van der Waals surface area contributed by atoms with Crippen molar-refractivity contribution < 1.29 is 22.8 Å². The Labute approximate surface area is 277 Å². The van der Waals surface area contributed by atoms with Gasteiger partial charge in [-0.2, -0.15) is 0 Å². The fourth-order valence-electron chi connectivity index (χ4n) is 7.98. The van der Waals surface area contributed by atoms with E-state index in [1.807, 2.05) is 0 Å². The second-order valence-electron chi connectivity index (χ2n) is 15.7. The van der Waals surface area contributed by atoms with Crippen LogP contribution in [0.15, 0.2) is 126 Å². The van der Waals surface area contributed by atoms with E-state index in [4.69, 9.17) is 0 Å². The Kier molecular flexibility index (Phi) is 8.04. The van der Waals surface area contributed by atoms with Crippen molar-refractivity contribution in [2.75, 3.05) is 0 Å². The zero-order valence-corrected chi connectivity index (χ0v) is 31.6. The van der Waals surface area contributed by atoms with Crippen LogP contribution in [-0.2, 0) is 28.2 Å². The standard InChI is InChI=1S/C29H37Si.C13H10.Zr/c1-27(2,3)22-14-15-23-21(18-22)19-25-24(23)16-17-29(28(4,5)6,30(7,8)9)26(25)20-12-10-11-13-20;1-3-7-12(8-4-1)11-13-9-5-2-6-10-13;/h10-12,14-18H,13H2,1-9H3;1-10H;. The molecule has 0 spiro atoms. The molecule has 0 nitrogen and oxygen atoms in total. The average molecular weight is 671 g/mol. The van der Waals surface area contributed by atoms with E-state index in [9.17, 15) is 0 Å². The molecule has 0 amide bonds. The Bertz CT molecular complexity index is 1840. The van der Waals surface area contributed by atoms with Crippen LogP contribution in [0.25, 0.3) is 8.85 Å². The maximum atomic E-state index is 2.67. The summed E-state index contributed by atoms with van der Waals surface area (Å²) in [5.74, 6) is 0. The van der Waals surface area contributed by atoms with Gasteiger partial charge in [0, 0.05) is 0 Å². The molecule has 3 aromatic rings. The molecule has 44 heavy (non-hydrogen) atoms. The summed E-state index contributed by atoms with van der Waals surface area (Å²) in [4.78, 5) is 0. The number of hydrogen-bond acceptors (Lipinski definition) is 0. The number of fused-ring (bicyclic) bond motifs is 2. The third-order valence-electron chi connectivity index (χ3n) is 9.94. The van der Waals surface area contributed by atoms with Crippen molar-refractivity contribution in [2.45, 2.75) is 78.1 Å². The fourth-order valence-corrected chi connectivity index (χ4v) is 15.8. The van der Waals surface area contributed by atoms with Crippen LogP contribution in [0.3, 0.4) is 0 Å². The van der Waals surface area contributed by atoms with E-state index in [2.05, 4.69) is 170 Å². The molecule has 1 atom stereocenters. The molecule has 0 bridgehead atoms. The van der Waals surface area contributed by atoms with Crippen molar-refractivity contribution in [1.29, 1.82) is 0 Å². The number of allylic oxidation sites excluding steroid dienone is 8. The molecule has 0 fully saturated rings. The Balaban J connectivity index is 1.82. The molecule has 223 valence electrons. The van der Waals surface area contributed by atoms with Gasteiger partial charge < -0.3 is 0 Å². The van der Waals surface area contributed by atoms with Crippen LogP contribution < -0.4 is 10.4 Å². The number of hydrogen-bond donors (Lipinski definition) is 0. The molecule has 0 N–H and O–H groups in total. The third-order valence-corrected chi connectivity index (χ3v) is 17.4. The molecule has 0 aromatic heterocycles. The van der Waals surface area contributed by atoms with Crippen molar-refractivity contribution in [1.82, 2.24) is 0 Å². The van der Waals surface area contributed by atoms with E-state index in [0.29, 0.717) is 0 Å². The van der Waals surface area contributed by atoms with Gasteiger partial charge in [0.2, 0.25) is 0 Å². The molecule has 0 saturated heterocycles. The minimum absolute atomic E-state index is 0.00983. The molecular weight excluding hydrogens is 624 g/mol. The first kappa shape index (κ1) is 31.3. The molecule has 6 rings (SSSR count). The Morgan fingerprint density at radius 2 is 1.39 bits per heavy atom. The summed E-state index contributed by atoms with van der Waals surface area (Å²) in [6.45, 7) is 22.3. The van der Waals surface area contributed by atoms with E-state index in [1.165, 1.54) is 38.3 Å². The quantitative estimate of drug-likeness (QED) is 0.237. The van der Waals surface area contributed by atoms with Gasteiger partial charge >= 0.3 is 279 Å². The minimum atomic E-state index is -1.80. The van der Waals surface area contributed by atoms with Crippen LogP contribution >= 0.6 is 0 Å². The van der Waals surface area contributed by atoms with Gasteiger partial charge in [0.05, 0.1) is 0 Å². The summed E-state index contributed by atoms with van der Waals surface area (Å²) in [5, 5.41) is 2.94. The van der Waals surface area contributed by atoms with Gasteiger partial charge in [-0.3, -0.25) is 0 Å². The van der Waals surface area contributed by atoms with Crippen LogP contribution in [0.1, 0.15) is 64.7 Å². The van der Waals surface area contributed by atoms with Crippen LogP contribution in [0.5, 0.6) is 0 Å². The van der Waals surface area contributed by atoms with Crippen molar-refractivity contribution in [3.8, 4) is 0 Å². The molecule has 2 heteroatoms. The second kappa shape index (κ2) is 11.3. The van der Waals surface area contributed by atoms with Gasteiger partial charge in [0.1, 0.15) is 0 Å². The summed E-state index contributed by atoms with van der Waals surface area (Å²) in [7, 11) is -1.80. The molecule has 3 aliphatic carbocycles. The van der Waals surface area contributed by atoms with Crippen LogP contribution in [-0.4, -0.2) is 11.3 Å². The summed E-state index contributed by atoms with van der Waals surface area (Å²) >= 11 is -1.34. The molecular formula is C42H47SiZr. The first-order valence-electron chi connectivity index (χ1n) is 16.2. The average Bonchev–Trinajstić information content (AvgIpc) is 3.61. The second-order valence-corrected chi connectivity index (χ2v) is 24.1. The van der Waals surface area contributed by atoms with Crippen LogP contribution in [0.2, 0.25) is 24.7 Å².